The Labute approximate surface area is 330 Å². The van der Waals surface area contributed by atoms with Crippen LogP contribution in [-0.2, 0) is 0 Å². The van der Waals surface area contributed by atoms with E-state index in [1.165, 1.54) is 27.4 Å². The molecule has 0 radical (unpaired) electrons. The van der Waals surface area contributed by atoms with Gasteiger partial charge in [0.25, 0.3) is 0 Å². The fraction of sp³-hybridized carbons (Fsp3) is 0. The lowest BCUT2D eigenvalue weighted by molar-refractivity contribution is 0.623. The maximum Gasteiger partial charge on any atom is 0.227 e. The highest BCUT2D eigenvalue weighted by atomic mass is 16.3. The largest absolute Gasteiger partial charge is 0.435 e. The Morgan fingerprint density at radius 2 is 0.947 bits per heavy atom. The van der Waals surface area contributed by atoms with Crippen LogP contribution in [0.15, 0.2) is 217 Å². The molecule has 0 unspecified atom stereocenters. The van der Waals surface area contributed by atoms with Crippen LogP contribution in [0.2, 0.25) is 0 Å². The van der Waals surface area contributed by atoms with E-state index in [9.17, 15) is 0 Å². The molecule has 0 fully saturated rings. The monoisotopic (exact) mass is 729 g/mol. The number of oxazole rings is 1. The first-order valence-corrected chi connectivity index (χ1v) is 19.3. The lowest BCUT2D eigenvalue weighted by Gasteiger charge is -2.26. The zero-order valence-electron chi connectivity index (χ0n) is 31.0. The summed E-state index contributed by atoms with van der Waals surface area (Å²) in [4.78, 5) is 7.45. The average molecular weight is 730 g/mol. The van der Waals surface area contributed by atoms with Crippen molar-refractivity contribution >= 4 is 60.7 Å². The maximum atomic E-state index is 6.53. The summed E-state index contributed by atoms with van der Waals surface area (Å²) in [6, 6.07) is 75.2. The molecule has 4 heteroatoms. The minimum Gasteiger partial charge on any atom is -0.435 e. The van der Waals surface area contributed by atoms with E-state index in [2.05, 4.69) is 191 Å². The molecule has 9 aromatic carbocycles. The van der Waals surface area contributed by atoms with E-state index >= 15 is 0 Å². The number of nitrogens with zero attached hydrogens (tertiary/aromatic N) is 3. The standard InChI is InChI=1S/C53H35N3O/c1-4-14-36(15-5-1)37-24-28-42(29-25-37)55(44-32-33-47-46-22-12-13-23-49(46)56(50(47)35-44)41-19-8-3-9-20-41)43-30-26-38(27-31-43)48-34-40-18-10-11-21-45(40)52-51(48)54-53(57-52)39-16-6-2-7-17-39/h1-35H. The molecule has 0 spiro atoms. The van der Waals surface area contributed by atoms with Crippen LogP contribution in [0.4, 0.5) is 17.1 Å². The molecular formula is C53H35N3O. The molecular weight excluding hydrogens is 695 g/mol. The number of para-hydroxylation sites is 2. The zero-order valence-corrected chi connectivity index (χ0v) is 31.0. The Hall–Kier alpha value is -7.69. The summed E-state index contributed by atoms with van der Waals surface area (Å²) in [7, 11) is 0. The molecule has 0 saturated heterocycles. The lowest BCUT2D eigenvalue weighted by atomic mass is 9.99. The summed E-state index contributed by atoms with van der Waals surface area (Å²) < 4.78 is 8.90. The van der Waals surface area contributed by atoms with Gasteiger partial charge in [0.05, 0.1) is 11.0 Å². The van der Waals surface area contributed by atoms with Gasteiger partial charge in [-0.05, 0) is 94.9 Å². The molecule has 0 aliphatic rings. The molecule has 0 saturated carbocycles. The van der Waals surface area contributed by atoms with E-state index in [-0.39, 0.29) is 0 Å². The molecule has 2 aromatic heterocycles. The molecule has 11 rings (SSSR count). The highest BCUT2D eigenvalue weighted by Crippen LogP contribution is 2.42. The summed E-state index contributed by atoms with van der Waals surface area (Å²) in [5.74, 6) is 0.619. The van der Waals surface area contributed by atoms with Crippen molar-refractivity contribution in [2.45, 2.75) is 0 Å². The second kappa shape index (κ2) is 13.6. The van der Waals surface area contributed by atoms with Crippen LogP contribution < -0.4 is 4.90 Å². The Morgan fingerprint density at radius 1 is 0.404 bits per heavy atom. The molecule has 11 aromatic rings. The van der Waals surface area contributed by atoms with Crippen LogP contribution in [0.3, 0.4) is 0 Å². The summed E-state index contributed by atoms with van der Waals surface area (Å²) >= 11 is 0. The van der Waals surface area contributed by atoms with E-state index in [1.807, 2.05) is 30.3 Å². The van der Waals surface area contributed by atoms with Crippen LogP contribution in [-0.4, -0.2) is 9.55 Å². The van der Waals surface area contributed by atoms with Gasteiger partial charge in [-0.3, -0.25) is 0 Å². The van der Waals surface area contributed by atoms with Crippen molar-refractivity contribution in [1.82, 2.24) is 9.55 Å². The first-order valence-electron chi connectivity index (χ1n) is 19.3. The van der Waals surface area contributed by atoms with Crippen LogP contribution in [0.1, 0.15) is 0 Å². The van der Waals surface area contributed by atoms with Crippen molar-refractivity contribution in [2.24, 2.45) is 0 Å². The lowest BCUT2D eigenvalue weighted by Crippen LogP contribution is -2.10. The van der Waals surface area contributed by atoms with Gasteiger partial charge < -0.3 is 13.9 Å². The third-order valence-electron chi connectivity index (χ3n) is 11.0. The second-order valence-electron chi connectivity index (χ2n) is 14.4. The molecule has 4 nitrogen and oxygen atoms in total. The number of anilines is 3. The quantitative estimate of drug-likeness (QED) is 0.164. The van der Waals surface area contributed by atoms with Crippen molar-refractivity contribution in [2.75, 3.05) is 4.90 Å². The molecule has 2 heterocycles. The topological polar surface area (TPSA) is 34.2 Å². The first-order chi connectivity index (χ1) is 28.3. The molecule has 0 amide bonds. The third kappa shape index (κ3) is 5.66. The number of fused-ring (bicyclic) bond motifs is 6. The summed E-state index contributed by atoms with van der Waals surface area (Å²) in [5, 5.41) is 4.62. The van der Waals surface area contributed by atoms with E-state index < -0.39 is 0 Å². The van der Waals surface area contributed by atoms with Crippen LogP contribution in [0.5, 0.6) is 0 Å². The number of rotatable bonds is 7. The van der Waals surface area contributed by atoms with Gasteiger partial charge in [0, 0.05) is 50.0 Å². The van der Waals surface area contributed by atoms with Crippen molar-refractivity contribution in [1.29, 1.82) is 0 Å². The van der Waals surface area contributed by atoms with Gasteiger partial charge in [0.15, 0.2) is 5.58 Å². The fourth-order valence-corrected chi connectivity index (χ4v) is 8.29. The smallest absolute Gasteiger partial charge is 0.227 e. The highest BCUT2D eigenvalue weighted by molar-refractivity contribution is 6.11. The average Bonchev–Trinajstić information content (AvgIpc) is 3.88. The fourth-order valence-electron chi connectivity index (χ4n) is 8.29. The van der Waals surface area contributed by atoms with Gasteiger partial charge in [0.1, 0.15) is 5.52 Å². The van der Waals surface area contributed by atoms with Gasteiger partial charge in [-0.25, -0.2) is 4.98 Å². The van der Waals surface area contributed by atoms with Gasteiger partial charge in [-0.2, -0.15) is 0 Å². The highest BCUT2D eigenvalue weighted by Gasteiger charge is 2.20. The predicted octanol–water partition coefficient (Wildman–Crippen LogP) is 14.5. The second-order valence-corrected chi connectivity index (χ2v) is 14.4. The van der Waals surface area contributed by atoms with Crippen LogP contribution >= 0.6 is 0 Å². The normalized spacial score (nSPS) is 11.5. The summed E-state index contributed by atoms with van der Waals surface area (Å²) in [6.07, 6.45) is 0. The van der Waals surface area contributed by atoms with Gasteiger partial charge in [0.2, 0.25) is 5.89 Å². The Balaban J connectivity index is 1.07. The number of hydrogen-bond acceptors (Lipinski definition) is 3. The minimum absolute atomic E-state index is 0.619. The molecule has 0 aliphatic carbocycles. The Kier molecular flexibility index (Phi) is 7.78. The molecule has 0 atom stereocenters. The molecule has 268 valence electrons. The van der Waals surface area contributed by atoms with E-state index in [0.717, 1.165) is 66.8 Å². The van der Waals surface area contributed by atoms with Crippen molar-refractivity contribution in [3.63, 3.8) is 0 Å². The molecule has 0 bridgehead atoms. The van der Waals surface area contributed by atoms with Crippen molar-refractivity contribution in [3.8, 4) is 39.4 Å². The van der Waals surface area contributed by atoms with E-state index in [1.54, 1.807) is 0 Å². The zero-order chi connectivity index (χ0) is 37.7. The van der Waals surface area contributed by atoms with Crippen LogP contribution in [0, 0.1) is 0 Å². The Bertz CT molecular complexity index is 3200. The SMILES string of the molecule is c1ccc(-c2ccc(N(c3ccc(-c4cc5ccccc5c5oc(-c6ccccc6)nc45)cc3)c3ccc4c5ccccc5n(-c5ccccc5)c4c3)cc2)cc1. The Morgan fingerprint density at radius 3 is 1.67 bits per heavy atom. The van der Waals surface area contributed by atoms with Crippen LogP contribution in [0.25, 0.3) is 83.1 Å². The summed E-state index contributed by atoms with van der Waals surface area (Å²) in [6.45, 7) is 0. The number of hydrogen-bond donors (Lipinski definition) is 0. The van der Waals surface area contributed by atoms with Gasteiger partial charge in [-0.1, -0.05) is 140 Å². The van der Waals surface area contributed by atoms with Gasteiger partial charge in [-0.15, -0.1) is 0 Å². The number of aromatic nitrogens is 2. The third-order valence-corrected chi connectivity index (χ3v) is 11.0. The molecule has 0 N–H and O–H groups in total. The van der Waals surface area contributed by atoms with Crippen molar-refractivity contribution < 1.29 is 4.42 Å². The maximum absolute atomic E-state index is 6.53. The molecule has 0 aliphatic heterocycles. The first kappa shape index (κ1) is 32.7. The number of benzene rings is 9. The minimum atomic E-state index is 0.619. The van der Waals surface area contributed by atoms with Crippen molar-refractivity contribution in [3.05, 3.63) is 212 Å². The molecule has 57 heavy (non-hydrogen) atoms. The predicted molar refractivity (Wildman–Crippen MR) is 237 cm³/mol. The van der Waals surface area contributed by atoms with Gasteiger partial charge >= 0.3 is 0 Å². The van der Waals surface area contributed by atoms with E-state index in [4.69, 9.17) is 9.40 Å². The van der Waals surface area contributed by atoms with E-state index in [0.29, 0.717) is 5.89 Å². The summed E-state index contributed by atoms with van der Waals surface area (Å²) in [5.41, 5.74) is 13.7.